The van der Waals surface area contributed by atoms with Crippen molar-refractivity contribution in [1.29, 1.82) is 0 Å². The summed E-state index contributed by atoms with van der Waals surface area (Å²) in [5.74, 6) is 0.897. The number of hydrogen-bond donors (Lipinski definition) is 2. The van der Waals surface area contributed by atoms with Crippen molar-refractivity contribution in [2.45, 2.75) is 39.0 Å². The number of likely N-dealkylation sites (N-methyl/N-ethyl adjacent to an activating group) is 1. The highest BCUT2D eigenvalue weighted by atomic mass is 16.5. The van der Waals surface area contributed by atoms with Crippen molar-refractivity contribution in [2.24, 2.45) is 5.92 Å². The molecule has 0 unspecified atom stereocenters. The molecule has 0 radical (unpaired) electrons. The molecule has 3 atom stereocenters. The largest absolute Gasteiger partial charge is 0.497 e. The van der Waals surface area contributed by atoms with E-state index in [1.165, 1.54) is 0 Å². The summed E-state index contributed by atoms with van der Waals surface area (Å²) < 4.78 is 11.8. The Hall–Kier alpha value is -3.88. The molecule has 0 saturated heterocycles. The number of ether oxygens (including phenoxy) is 2. The van der Waals surface area contributed by atoms with Gasteiger partial charge in [0.15, 0.2) is 0 Å². The number of fused-ring (bicyclic) bond motifs is 1. The first-order chi connectivity index (χ1) is 19.3. The lowest BCUT2D eigenvalue weighted by molar-refractivity contribution is -0.115. The quantitative estimate of drug-likeness (QED) is 0.396. The molecule has 0 bridgehead atoms. The van der Waals surface area contributed by atoms with Crippen molar-refractivity contribution in [2.75, 3.05) is 39.2 Å². The molecule has 0 aromatic heterocycles. The van der Waals surface area contributed by atoms with E-state index in [1.807, 2.05) is 68.6 Å². The maximum absolute atomic E-state index is 13.7. The number of rotatable bonds is 10. The zero-order valence-corrected chi connectivity index (χ0v) is 23.7. The highest BCUT2D eigenvalue weighted by molar-refractivity contribution is 6.00. The molecule has 0 saturated carbocycles. The van der Waals surface area contributed by atoms with Crippen LogP contribution >= 0.6 is 0 Å². The maximum Gasteiger partial charge on any atom is 0.258 e. The predicted octanol–water partition coefficient (Wildman–Crippen LogP) is 4.23. The third-order valence-electron chi connectivity index (χ3n) is 7.26. The van der Waals surface area contributed by atoms with Gasteiger partial charge in [-0.25, -0.2) is 0 Å². The van der Waals surface area contributed by atoms with Crippen LogP contribution in [-0.2, 0) is 17.8 Å². The van der Waals surface area contributed by atoms with Gasteiger partial charge in [-0.2, -0.15) is 0 Å². The molecule has 0 fully saturated rings. The van der Waals surface area contributed by atoms with Crippen LogP contribution in [0.25, 0.3) is 0 Å². The minimum absolute atomic E-state index is 0.00895. The fourth-order valence-electron chi connectivity index (χ4n) is 4.92. The molecule has 8 heteroatoms. The number of benzene rings is 3. The van der Waals surface area contributed by atoms with Crippen molar-refractivity contribution in [1.82, 2.24) is 9.80 Å². The highest BCUT2D eigenvalue weighted by Gasteiger charge is 2.33. The molecule has 2 N–H and O–H groups in total. The van der Waals surface area contributed by atoms with Gasteiger partial charge in [0.25, 0.3) is 5.91 Å². The minimum Gasteiger partial charge on any atom is -0.497 e. The summed E-state index contributed by atoms with van der Waals surface area (Å²) in [5, 5.41) is 12.8. The van der Waals surface area contributed by atoms with Crippen LogP contribution in [0.2, 0.25) is 0 Å². The summed E-state index contributed by atoms with van der Waals surface area (Å²) >= 11 is 0. The molecule has 1 heterocycles. The summed E-state index contributed by atoms with van der Waals surface area (Å²) in [6.07, 6.45) is 0.0258. The minimum atomic E-state index is -0.366. The molecule has 212 valence electrons. The van der Waals surface area contributed by atoms with Crippen molar-refractivity contribution in [3.8, 4) is 11.5 Å². The Morgan fingerprint density at radius 2 is 1.85 bits per heavy atom. The van der Waals surface area contributed by atoms with E-state index >= 15 is 0 Å². The molecular formula is C32H39N3O5. The number of amides is 2. The lowest BCUT2D eigenvalue weighted by Gasteiger charge is -2.38. The molecule has 40 heavy (non-hydrogen) atoms. The van der Waals surface area contributed by atoms with Crippen molar-refractivity contribution < 1.29 is 24.2 Å². The van der Waals surface area contributed by atoms with Gasteiger partial charge < -0.3 is 24.8 Å². The predicted molar refractivity (Wildman–Crippen MR) is 156 cm³/mol. The Kier molecular flexibility index (Phi) is 9.79. The van der Waals surface area contributed by atoms with Crippen LogP contribution < -0.4 is 14.8 Å². The third kappa shape index (κ3) is 7.40. The zero-order chi connectivity index (χ0) is 28.6. The Balaban J connectivity index is 1.54. The van der Waals surface area contributed by atoms with Crippen LogP contribution in [0, 0.1) is 5.92 Å². The number of anilines is 1. The Morgan fingerprint density at radius 3 is 2.52 bits per heavy atom. The molecule has 3 aromatic carbocycles. The number of aliphatic hydroxyl groups is 1. The Bertz CT molecular complexity index is 1280. The van der Waals surface area contributed by atoms with Crippen molar-refractivity contribution in [3.63, 3.8) is 0 Å². The fourth-order valence-corrected chi connectivity index (χ4v) is 4.92. The topological polar surface area (TPSA) is 91.3 Å². The first kappa shape index (κ1) is 29.1. The third-order valence-corrected chi connectivity index (χ3v) is 7.26. The molecule has 8 nitrogen and oxygen atoms in total. The lowest BCUT2D eigenvalue weighted by atomic mass is 9.99. The van der Waals surface area contributed by atoms with Gasteiger partial charge in [0.05, 0.1) is 31.7 Å². The van der Waals surface area contributed by atoms with E-state index in [1.54, 1.807) is 30.2 Å². The van der Waals surface area contributed by atoms with Crippen LogP contribution in [0.1, 0.15) is 35.3 Å². The summed E-state index contributed by atoms with van der Waals surface area (Å²) in [5.41, 5.74) is 2.95. The van der Waals surface area contributed by atoms with Crippen LogP contribution in [0.4, 0.5) is 5.69 Å². The standard InChI is InChI=1S/C32H39N3O5/c1-22-18-35(23(2)21-36)32(38)28-17-26(33-31(37)16-24-8-6-5-7-9-24)12-15-29(28)40-30(22)20-34(3)19-25-10-13-27(39-4)14-11-25/h5-15,17,22-23,30,36H,16,18-21H2,1-4H3,(H,33,37)/t22-,23-,30-/m1/s1. The van der Waals surface area contributed by atoms with Gasteiger partial charge in [-0.3, -0.25) is 14.5 Å². The van der Waals surface area contributed by atoms with Gasteiger partial charge >= 0.3 is 0 Å². The molecular weight excluding hydrogens is 506 g/mol. The second-order valence-corrected chi connectivity index (χ2v) is 10.6. The number of hydrogen-bond acceptors (Lipinski definition) is 6. The SMILES string of the molecule is COc1ccc(CN(C)C[C@H]2Oc3ccc(NC(=O)Cc4ccccc4)cc3C(=O)N([C@H](C)CO)C[C@H]2C)cc1. The van der Waals surface area contributed by atoms with E-state index < -0.39 is 0 Å². The number of nitrogens with one attached hydrogen (secondary N) is 1. The number of carbonyl (C=O) groups is 2. The van der Waals surface area contributed by atoms with E-state index in [2.05, 4.69) is 17.1 Å². The van der Waals surface area contributed by atoms with Crippen molar-refractivity contribution >= 4 is 17.5 Å². The van der Waals surface area contributed by atoms with E-state index in [9.17, 15) is 14.7 Å². The molecule has 1 aliphatic heterocycles. The summed E-state index contributed by atoms with van der Waals surface area (Å²) in [6, 6.07) is 22.3. The normalized spacial score (nSPS) is 17.9. The molecule has 3 aromatic rings. The average molecular weight is 546 g/mol. The first-order valence-electron chi connectivity index (χ1n) is 13.6. The monoisotopic (exact) mass is 545 g/mol. The number of nitrogens with zero attached hydrogens (tertiary/aromatic N) is 2. The molecule has 1 aliphatic rings. The van der Waals surface area contributed by atoms with Gasteiger partial charge in [0.1, 0.15) is 17.6 Å². The lowest BCUT2D eigenvalue weighted by Crippen LogP contribution is -2.49. The van der Waals surface area contributed by atoms with Crippen LogP contribution in [0.15, 0.2) is 72.8 Å². The number of aliphatic hydroxyl groups excluding tert-OH is 1. The molecule has 0 aliphatic carbocycles. The number of methoxy groups -OCH3 is 1. The average Bonchev–Trinajstić information content (AvgIpc) is 2.95. The second kappa shape index (κ2) is 13.5. The summed E-state index contributed by atoms with van der Waals surface area (Å²) in [7, 11) is 3.70. The van der Waals surface area contributed by atoms with Crippen LogP contribution in [0.5, 0.6) is 11.5 Å². The van der Waals surface area contributed by atoms with Gasteiger partial charge in [-0.15, -0.1) is 0 Å². The second-order valence-electron chi connectivity index (χ2n) is 10.6. The van der Waals surface area contributed by atoms with Gasteiger partial charge in [0, 0.05) is 31.2 Å². The fraction of sp³-hybridized carbons (Fsp3) is 0.375. The smallest absolute Gasteiger partial charge is 0.258 e. The van der Waals surface area contributed by atoms with Crippen molar-refractivity contribution in [3.05, 3.63) is 89.5 Å². The first-order valence-corrected chi connectivity index (χ1v) is 13.6. The van der Waals surface area contributed by atoms with Gasteiger partial charge in [0.2, 0.25) is 5.91 Å². The zero-order valence-electron chi connectivity index (χ0n) is 23.7. The van der Waals surface area contributed by atoms with Gasteiger partial charge in [-0.05, 0) is 55.4 Å². The molecule has 2 amide bonds. The van der Waals surface area contributed by atoms with Crippen LogP contribution in [0.3, 0.4) is 0 Å². The summed E-state index contributed by atoms with van der Waals surface area (Å²) in [4.78, 5) is 30.3. The van der Waals surface area contributed by atoms with E-state index in [0.29, 0.717) is 30.1 Å². The Labute approximate surface area is 236 Å². The van der Waals surface area contributed by atoms with E-state index in [0.717, 1.165) is 23.4 Å². The van der Waals surface area contributed by atoms with Crippen LogP contribution in [-0.4, -0.2) is 72.7 Å². The van der Waals surface area contributed by atoms with Gasteiger partial charge in [-0.1, -0.05) is 49.4 Å². The number of carbonyl (C=O) groups excluding carboxylic acids is 2. The van der Waals surface area contributed by atoms with E-state index in [-0.39, 0.29) is 42.9 Å². The molecule has 0 spiro atoms. The maximum atomic E-state index is 13.7. The Morgan fingerprint density at radius 1 is 1.12 bits per heavy atom. The highest BCUT2D eigenvalue weighted by Crippen LogP contribution is 2.31. The van der Waals surface area contributed by atoms with E-state index in [4.69, 9.17) is 9.47 Å². The molecule has 4 rings (SSSR count). The summed E-state index contributed by atoms with van der Waals surface area (Å²) in [6.45, 7) is 5.56.